The Balaban J connectivity index is 2.06. The van der Waals surface area contributed by atoms with E-state index >= 15 is 0 Å². The monoisotopic (exact) mass is 354 g/mol. The SMILES string of the molecule is COC1CCCN(C(=O)Nc2ccc(Cl)c(C(=O)OC(C)C)c2)C1. The van der Waals surface area contributed by atoms with Gasteiger partial charge in [0, 0.05) is 25.9 Å². The van der Waals surface area contributed by atoms with Crippen LogP contribution in [0.1, 0.15) is 37.0 Å². The molecule has 1 unspecified atom stereocenters. The van der Waals surface area contributed by atoms with Crippen LogP contribution in [0, 0.1) is 0 Å². The standard InChI is InChI=1S/C17H23ClN2O4/c1-11(2)24-16(21)14-9-12(6-7-15(14)18)19-17(22)20-8-4-5-13(10-20)23-3/h6-7,9,11,13H,4-5,8,10H2,1-3H3,(H,19,22). The number of nitrogens with zero attached hydrogens (tertiary/aromatic N) is 1. The molecule has 1 aromatic rings. The summed E-state index contributed by atoms with van der Waals surface area (Å²) in [6.45, 7) is 4.76. The molecule has 1 atom stereocenters. The fourth-order valence-corrected chi connectivity index (χ4v) is 2.75. The minimum atomic E-state index is -0.511. The lowest BCUT2D eigenvalue weighted by Gasteiger charge is -2.31. The third kappa shape index (κ3) is 4.85. The summed E-state index contributed by atoms with van der Waals surface area (Å²) in [4.78, 5) is 26.1. The van der Waals surface area contributed by atoms with Gasteiger partial charge in [-0.3, -0.25) is 0 Å². The Bertz CT molecular complexity index is 606. The molecule has 2 rings (SSSR count). The lowest BCUT2D eigenvalue weighted by atomic mass is 10.1. The largest absolute Gasteiger partial charge is 0.459 e. The summed E-state index contributed by atoms with van der Waals surface area (Å²) in [5.41, 5.74) is 0.733. The number of carbonyl (C=O) groups is 2. The molecule has 0 aromatic heterocycles. The van der Waals surface area contributed by atoms with Crippen LogP contribution >= 0.6 is 11.6 Å². The molecule has 0 spiro atoms. The van der Waals surface area contributed by atoms with Gasteiger partial charge in [-0.2, -0.15) is 0 Å². The average Bonchev–Trinajstić information content (AvgIpc) is 2.55. The van der Waals surface area contributed by atoms with Crippen molar-refractivity contribution in [2.45, 2.75) is 38.9 Å². The van der Waals surface area contributed by atoms with Crippen LogP contribution in [0.5, 0.6) is 0 Å². The number of methoxy groups -OCH3 is 1. The highest BCUT2D eigenvalue weighted by molar-refractivity contribution is 6.33. The van der Waals surface area contributed by atoms with Gasteiger partial charge in [0.15, 0.2) is 0 Å². The first kappa shape index (κ1) is 18.5. The number of hydrogen-bond acceptors (Lipinski definition) is 4. The predicted molar refractivity (Wildman–Crippen MR) is 92.6 cm³/mol. The summed E-state index contributed by atoms with van der Waals surface area (Å²) in [6.07, 6.45) is 1.67. The molecular weight excluding hydrogens is 332 g/mol. The van der Waals surface area contributed by atoms with Crippen molar-refractivity contribution in [1.82, 2.24) is 4.90 Å². The predicted octanol–water partition coefficient (Wildman–Crippen LogP) is 3.55. The van der Waals surface area contributed by atoms with Gasteiger partial charge in [-0.05, 0) is 44.9 Å². The second kappa shape index (κ2) is 8.35. The number of rotatable bonds is 4. The molecule has 1 saturated heterocycles. The minimum Gasteiger partial charge on any atom is -0.459 e. The number of benzene rings is 1. The molecule has 132 valence electrons. The van der Waals surface area contributed by atoms with Crippen LogP contribution in [-0.2, 0) is 9.47 Å². The number of urea groups is 1. The van der Waals surface area contributed by atoms with E-state index in [1.54, 1.807) is 38.0 Å². The zero-order chi connectivity index (χ0) is 17.7. The molecule has 1 fully saturated rings. The van der Waals surface area contributed by atoms with Gasteiger partial charge < -0.3 is 19.7 Å². The van der Waals surface area contributed by atoms with Gasteiger partial charge in [0.05, 0.1) is 22.8 Å². The van der Waals surface area contributed by atoms with Crippen LogP contribution in [0.25, 0.3) is 0 Å². The highest BCUT2D eigenvalue weighted by Gasteiger charge is 2.24. The maximum Gasteiger partial charge on any atom is 0.339 e. The number of carbonyl (C=O) groups excluding carboxylic acids is 2. The Morgan fingerprint density at radius 1 is 1.38 bits per heavy atom. The number of piperidine rings is 1. The van der Waals surface area contributed by atoms with Crippen LogP contribution in [0.4, 0.5) is 10.5 Å². The van der Waals surface area contributed by atoms with E-state index in [1.165, 1.54) is 6.07 Å². The molecule has 1 aromatic carbocycles. The summed E-state index contributed by atoms with van der Waals surface area (Å²) in [5.74, 6) is -0.511. The summed E-state index contributed by atoms with van der Waals surface area (Å²) >= 11 is 6.06. The third-order valence-corrected chi connectivity index (χ3v) is 4.11. The van der Waals surface area contributed by atoms with Crippen LogP contribution in [0.3, 0.4) is 0 Å². The van der Waals surface area contributed by atoms with Crippen molar-refractivity contribution in [3.05, 3.63) is 28.8 Å². The highest BCUT2D eigenvalue weighted by Crippen LogP contribution is 2.23. The molecule has 7 heteroatoms. The molecule has 24 heavy (non-hydrogen) atoms. The zero-order valence-electron chi connectivity index (χ0n) is 14.2. The lowest BCUT2D eigenvalue weighted by molar-refractivity contribution is 0.0378. The molecule has 0 bridgehead atoms. The minimum absolute atomic E-state index is 0.0614. The Kier molecular flexibility index (Phi) is 6.45. The zero-order valence-corrected chi connectivity index (χ0v) is 14.9. The Morgan fingerprint density at radius 3 is 2.79 bits per heavy atom. The second-order valence-electron chi connectivity index (χ2n) is 6.02. The number of halogens is 1. The summed E-state index contributed by atoms with van der Waals surface area (Å²) in [5, 5.41) is 3.09. The van der Waals surface area contributed by atoms with Crippen LogP contribution in [-0.4, -0.2) is 49.3 Å². The first-order valence-electron chi connectivity index (χ1n) is 8.00. The van der Waals surface area contributed by atoms with Crippen LogP contribution in [0.15, 0.2) is 18.2 Å². The van der Waals surface area contributed by atoms with Crippen molar-refractivity contribution < 1.29 is 19.1 Å². The normalized spacial score (nSPS) is 17.7. The number of esters is 1. The molecule has 0 radical (unpaired) electrons. The van der Waals surface area contributed by atoms with E-state index in [-0.39, 0.29) is 28.8 Å². The lowest BCUT2D eigenvalue weighted by Crippen LogP contribution is -2.44. The van der Waals surface area contributed by atoms with Gasteiger partial charge in [0.25, 0.3) is 0 Å². The van der Waals surface area contributed by atoms with Gasteiger partial charge in [-0.25, -0.2) is 9.59 Å². The Morgan fingerprint density at radius 2 is 2.12 bits per heavy atom. The van der Waals surface area contributed by atoms with E-state index in [0.717, 1.165) is 12.8 Å². The van der Waals surface area contributed by atoms with Gasteiger partial charge >= 0.3 is 12.0 Å². The Hall–Kier alpha value is -1.79. The Labute approximate surface area is 147 Å². The summed E-state index contributed by atoms with van der Waals surface area (Å²) in [7, 11) is 1.65. The van der Waals surface area contributed by atoms with Gasteiger partial charge in [-0.1, -0.05) is 11.6 Å². The van der Waals surface area contributed by atoms with Crippen molar-refractivity contribution in [1.29, 1.82) is 0 Å². The van der Waals surface area contributed by atoms with Crippen molar-refractivity contribution in [3.8, 4) is 0 Å². The van der Waals surface area contributed by atoms with E-state index in [4.69, 9.17) is 21.1 Å². The van der Waals surface area contributed by atoms with E-state index in [9.17, 15) is 9.59 Å². The summed E-state index contributed by atoms with van der Waals surface area (Å²) < 4.78 is 10.5. The molecular formula is C17H23ClN2O4. The topological polar surface area (TPSA) is 67.9 Å². The molecule has 1 aliphatic heterocycles. The third-order valence-electron chi connectivity index (χ3n) is 3.78. The fraction of sp³-hybridized carbons (Fsp3) is 0.529. The first-order valence-corrected chi connectivity index (χ1v) is 8.37. The number of nitrogens with one attached hydrogen (secondary N) is 1. The maximum atomic E-state index is 12.4. The van der Waals surface area contributed by atoms with Crippen LogP contribution < -0.4 is 5.32 Å². The van der Waals surface area contributed by atoms with E-state index in [0.29, 0.717) is 18.8 Å². The molecule has 1 N–H and O–H groups in total. The fourth-order valence-electron chi connectivity index (χ4n) is 2.55. The number of hydrogen-bond donors (Lipinski definition) is 1. The quantitative estimate of drug-likeness (QED) is 0.839. The number of ether oxygens (including phenoxy) is 2. The maximum absolute atomic E-state index is 12.4. The van der Waals surface area contributed by atoms with Crippen molar-refractivity contribution in [2.24, 2.45) is 0 Å². The molecule has 2 amide bonds. The van der Waals surface area contributed by atoms with Gasteiger partial charge in [-0.15, -0.1) is 0 Å². The van der Waals surface area contributed by atoms with E-state index in [2.05, 4.69) is 5.32 Å². The van der Waals surface area contributed by atoms with Crippen LogP contribution in [0.2, 0.25) is 5.02 Å². The van der Waals surface area contributed by atoms with Crippen molar-refractivity contribution >= 4 is 29.3 Å². The molecule has 6 nitrogen and oxygen atoms in total. The van der Waals surface area contributed by atoms with Gasteiger partial charge in [0.1, 0.15) is 0 Å². The molecule has 0 aliphatic carbocycles. The summed E-state index contributed by atoms with van der Waals surface area (Å²) in [6, 6.07) is 4.54. The average molecular weight is 355 g/mol. The smallest absolute Gasteiger partial charge is 0.339 e. The first-order chi connectivity index (χ1) is 11.4. The van der Waals surface area contributed by atoms with E-state index < -0.39 is 5.97 Å². The number of anilines is 1. The molecule has 1 heterocycles. The highest BCUT2D eigenvalue weighted by atomic mass is 35.5. The number of amides is 2. The van der Waals surface area contributed by atoms with E-state index in [1.807, 2.05) is 0 Å². The molecule has 0 saturated carbocycles. The second-order valence-corrected chi connectivity index (χ2v) is 6.43. The number of likely N-dealkylation sites (tertiary alicyclic amines) is 1. The van der Waals surface area contributed by atoms with Gasteiger partial charge in [0.2, 0.25) is 0 Å². The molecule has 1 aliphatic rings. The van der Waals surface area contributed by atoms with Crippen molar-refractivity contribution in [3.63, 3.8) is 0 Å². The van der Waals surface area contributed by atoms with Crippen molar-refractivity contribution in [2.75, 3.05) is 25.5 Å².